The maximum atomic E-state index is 11.2. The van der Waals surface area contributed by atoms with Crippen molar-refractivity contribution in [1.82, 2.24) is 9.97 Å². The second kappa shape index (κ2) is 5.67. The molecule has 1 N–H and O–H groups in total. The van der Waals surface area contributed by atoms with Gasteiger partial charge in [0.2, 0.25) is 0 Å². The van der Waals surface area contributed by atoms with Gasteiger partial charge in [0.15, 0.2) is 5.69 Å². The van der Waals surface area contributed by atoms with E-state index in [1.165, 1.54) is 19.5 Å². The van der Waals surface area contributed by atoms with Crippen molar-refractivity contribution < 1.29 is 9.53 Å². The molecule has 0 aliphatic rings. The summed E-state index contributed by atoms with van der Waals surface area (Å²) in [5, 5.41) is 3.72. The van der Waals surface area contributed by atoms with Gasteiger partial charge in [-0.1, -0.05) is 17.7 Å². The number of halogens is 1. The highest BCUT2D eigenvalue weighted by molar-refractivity contribution is 6.31. The van der Waals surface area contributed by atoms with Crippen LogP contribution in [0.4, 0.5) is 11.5 Å². The lowest BCUT2D eigenvalue weighted by molar-refractivity contribution is 0.0593. The molecular formula is C13H12ClN3O2. The topological polar surface area (TPSA) is 64.1 Å². The van der Waals surface area contributed by atoms with Crippen LogP contribution in [0, 0.1) is 6.92 Å². The van der Waals surface area contributed by atoms with Crippen molar-refractivity contribution in [2.75, 3.05) is 12.4 Å². The van der Waals surface area contributed by atoms with Crippen molar-refractivity contribution in [3.8, 4) is 0 Å². The van der Waals surface area contributed by atoms with Crippen LogP contribution in [-0.2, 0) is 4.74 Å². The summed E-state index contributed by atoms with van der Waals surface area (Å²) in [6, 6.07) is 5.59. The van der Waals surface area contributed by atoms with Gasteiger partial charge >= 0.3 is 5.97 Å². The van der Waals surface area contributed by atoms with Crippen molar-refractivity contribution >= 4 is 29.1 Å². The van der Waals surface area contributed by atoms with Crippen molar-refractivity contribution in [2.24, 2.45) is 0 Å². The van der Waals surface area contributed by atoms with E-state index in [1.807, 2.05) is 19.1 Å². The predicted molar refractivity (Wildman–Crippen MR) is 72.8 cm³/mol. The van der Waals surface area contributed by atoms with E-state index in [0.29, 0.717) is 10.8 Å². The van der Waals surface area contributed by atoms with Crippen LogP contribution in [-0.4, -0.2) is 23.0 Å². The smallest absolute Gasteiger partial charge is 0.358 e. The number of nitrogens with one attached hydrogen (secondary N) is 1. The van der Waals surface area contributed by atoms with E-state index < -0.39 is 5.97 Å². The summed E-state index contributed by atoms with van der Waals surface area (Å²) in [6.45, 7) is 1.93. The van der Waals surface area contributed by atoms with E-state index >= 15 is 0 Å². The normalized spacial score (nSPS) is 10.1. The summed E-state index contributed by atoms with van der Waals surface area (Å²) in [5.74, 6) is 0.00463. The number of aryl methyl sites for hydroxylation is 1. The number of anilines is 2. The lowest BCUT2D eigenvalue weighted by Gasteiger charge is -2.07. The third-order valence-electron chi connectivity index (χ3n) is 2.49. The van der Waals surface area contributed by atoms with Crippen LogP contribution >= 0.6 is 11.6 Å². The van der Waals surface area contributed by atoms with E-state index in [-0.39, 0.29) is 5.69 Å². The number of methoxy groups -OCH3 is 1. The van der Waals surface area contributed by atoms with Gasteiger partial charge in [-0.15, -0.1) is 0 Å². The molecule has 0 spiro atoms. The zero-order chi connectivity index (χ0) is 13.8. The van der Waals surface area contributed by atoms with E-state index in [0.717, 1.165) is 11.3 Å². The van der Waals surface area contributed by atoms with Gasteiger partial charge < -0.3 is 10.1 Å². The quantitative estimate of drug-likeness (QED) is 0.874. The molecule has 0 fully saturated rings. The van der Waals surface area contributed by atoms with Crippen LogP contribution in [0.3, 0.4) is 0 Å². The van der Waals surface area contributed by atoms with E-state index in [1.54, 1.807) is 6.07 Å². The molecule has 0 unspecified atom stereocenters. The van der Waals surface area contributed by atoms with Gasteiger partial charge in [-0.05, 0) is 24.6 Å². The number of rotatable bonds is 3. The van der Waals surface area contributed by atoms with Gasteiger partial charge in [0, 0.05) is 10.7 Å². The Hall–Kier alpha value is -2.14. The molecule has 2 rings (SSSR count). The molecule has 0 amide bonds. The molecule has 98 valence electrons. The Morgan fingerprint density at radius 1 is 1.32 bits per heavy atom. The highest BCUT2D eigenvalue weighted by Gasteiger charge is 2.07. The number of benzene rings is 1. The Labute approximate surface area is 115 Å². The predicted octanol–water partition coefficient (Wildman–Crippen LogP) is 2.97. The first-order chi connectivity index (χ1) is 9.10. The van der Waals surface area contributed by atoms with Crippen molar-refractivity contribution in [3.63, 3.8) is 0 Å². The molecule has 5 nitrogen and oxygen atoms in total. The molecule has 1 aromatic carbocycles. The molecule has 6 heteroatoms. The molecule has 1 aromatic heterocycles. The number of esters is 1. The number of aromatic nitrogens is 2. The van der Waals surface area contributed by atoms with Gasteiger partial charge in [-0.2, -0.15) is 0 Å². The Bertz CT molecular complexity index is 599. The molecule has 0 aliphatic heterocycles. The fraction of sp³-hybridized carbons (Fsp3) is 0.154. The second-order valence-electron chi connectivity index (χ2n) is 3.87. The Morgan fingerprint density at radius 3 is 2.68 bits per heavy atom. The summed E-state index contributed by atoms with van der Waals surface area (Å²) in [5.41, 5.74) is 1.96. The summed E-state index contributed by atoms with van der Waals surface area (Å²) in [4.78, 5) is 19.2. The van der Waals surface area contributed by atoms with Crippen LogP contribution in [0.2, 0.25) is 5.02 Å². The van der Waals surface area contributed by atoms with E-state index in [4.69, 9.17) is 11.6 Å². The SMILES string of the molecule is COC(=O)c1cnc(Nc2ccc(C)c(Cl)c2)cn1. The minimum absolute atomic E-state index is 0.162. The maximum absolute atomic E-state index is 11.2. The summed E-state index contributed by atoms with van der Waals surface area (Å²) < 4.78 is 4.54. The largest absolute Gasteiger partial charge is 0.464 e. The van der Waals surface area contributed by atoms with E-state index in [9.17, 15) is 4.79 Å². The number of hydrogen-bond acceptors (Lipinski definition) is 5. The van der Waals surface area contributed by atoms with Gasteiger partial charge in [-0.3, -0.25) is 0 Å². The molecule has 0 aliphatic carbocycles. The van der Waals surface area contributed by atoms with Crippen LogP contribution in [0.5, 0.6) is 0 Å². The van der Waals surface area contributed by atoms with Crippen molar-refractivity contribution in [3.05, 3.63) is 46.9 Å². The standard InChI is InChI=1S/C13H12ClN3O2/c1-8-3-4-9(5-10(8)14)17-12-7-15-11(6-16-12)13(18)19-2/h3-7H,1-2H3,(H,16,17). The first-order valence-electron chi connectivity index (χ1n) is 5.53. The van der Waals surface area contributed by atoms with Crippen molar-refractivity contribution in [1.29, 1.82) is 0 Å². The molecular weight excluding hydrogens is 266 g/mol. The third kappa shape index (κ3) is 3.20. The average Bonchev–Trinajstić information content (AvgIpc) is 2.43. The molecule has 1 heterocycles. The van der Waals surface area contributed by atoms with E-state index in [2.05, 4.69) is 20.0 Å². The summed E-state index contributed by atoms with van der Waals surface area (Å²) in [6.07, 6.45) is 2.81. The minimum atomic E-state index is -0.516. The maximum Gasteiger partial charge on any atom is 0.358 e. The highest BCUT2D eigenvalue weighted by Crippen LogP contribution is 2.22. The first-order valence-corrected chi connectivity index (χ1v) is 5.91. The fourth-order valence-electron chi connectivity index (χ4n) is 1.42. The Kier molecular flexibility index (Phi) is 3.97. The third-order valence-corrected chi connectivity index (χ3v) is 2.90. The number of carbonyl (C=O) groups is 1. The van der Waals surface area contributed by atoms with Crippen LogP contribution in [0.25, 0.3) is 0 Å². The molecule has 0 bridgehead atoms. The average molecular weight is 278 g/mol. The monoisotopic (exact) mass is 277 g/mol. The van der Waals surface area contributed by atoms with Gasteiger partial charge in [0.25, 0.3) is 0 Å². The number of carbonyl (C=O) groups excluding carboxylic acids is 1. The van der Waals surface area contributed by atoms with Gasteiger partial charge in [0.1, 0.15) is 5.82 Å². The lowest BCUT2D eigenvalue weighted by Crippen LogP contribution is -2.05. The Balaban J connectivity index is 2.15. The molecule has 0 radical (unpaired) electrons. The molecule has 19 heavy (non-hydrogen) atoms. The summed E-state index contributed by atoms with van der Waals surface area (Å²) >= 11 is 6.03. The number of hydrogen-bond donors (Lipinski definition) is 1. The van der Waals surface area contributed by atoms with Crippen LogP contribution in [0.1, 0.15) is 16.1 Å². The molecule has 0 atom stereocenters. The van der Waals surface area contributed by atoms with Gasteiger partial charge in [0.05, 0.1) is 19.5 Å². The fourth-order valence-corrected chi connectivity index (χ4v) is 1.60. The lowest BCUT2D eigenvalue weighted by atomic mass is 10.2. The van der Waals surface area contributed by atoms with Gasteiger partial charge in [-0.25, -0.2) is 14.8 Å². The second-order valence-corrected chi connectivity index (χ2v) is 4.27. The molecule has 0 saturated heterocycles. The molecule has 2 aromatic rings. The zero-order valence-electron chi connectivity index (χ0n) is 10.5. The number of ether oxygens (including phenoxy) is 1. The molecule has 0 saturated carbocycles. The minimum Gasteiger partial charge on any atom is -0.464 e. The Morgan fingerprint density at radius 2 is 2.11 bits per heavy atom. The number of nitrogens with zero attached hydrogens (tertiary/aromatic N) is 2. The van der Waals surface area contributed by atoms with Crippen molar-refractivity contribution in [2.45, 2.75) is 6.92 Å². The zero-order valence-corrected chi connectivity index (χ0v) is 11.2. The highest BCUT2D eigenvalue weighted by atomic mass is 35.5. The summed E-state index contributed by atoms with van der Waals surface area (Å²) in [7, 11) is 1.30. The first kappa shape index (κ1) is 13.3. The van der Waals surface area contributed by atoms with Crippen LogP contribution in [0.15, 0.2) is 30.6 Å². The van der Waals surface area contributed by atoms with Crippen LogP contribution < -0.4 is 5.32 Å².